The third-order valence-corrected chi connectivity index (χ3v) is 6.17. The summed E-state index contributed by atoms with van der Waals surface area (Å²) in [5, 5.41) is 3.32. The summed E-state index contributed by atoms with van der Waals surface area (Å²) in [7, 11) is 0. The van der Waals surface area contributed by atoms with E-state index in [0.29, 0.717) is 19.6 Å². The van der Waals surface area contributed by atoms with Crippen molar-refractivity contribution in [3.63, 3.8) is 0 Å². The fourth-order valence-electron chi connectivity index (χ4n) is 4.58. The topological polar surface area (TPSA) is 41.6 Å². The lowest BCUT2D eigenvalue weighted by molar-refractivity contribution is -0.124. The van der Waals surface area contributed by atoms with Gasteiger partial charge >= 0.3 is 0 Å². The smallest absolute Gasteiger partial charge is 0.223 e. The van der Waals surface area contributed by atoms with Gasteiger partial charge in [-0.2, -0.15) is 0 Å². The van der Waals surface area contributed by atoms with Gasteiger partial charge in [-0.1, -0.05) is 68.5 Å². The van der Waals surface area contributed by atoms with Crippen LogP contribution in [0.15, 0.2) is 61.2 Å². The zero-order valence-electron chi connectivity index (χ0n) is 17.4. The molecule has 1 amide bonds. The first kappa shape index (κ1) is 19.3. The molecule has 0 radical (unpaired) electrons. The number of carbonyl (C=O) groups is 1. The Hall–Kier alpha value is -3.01. The van der Waals surface area contributed by atoms with Gasteiger partial charge in [-0.05, 0) is 30.7 Å². The van der Waals surface area contributed by atoms with Crippen molar-refractivity contribution < 1.29 is 9.53 Å². The number of benzene rings is 2. The molecule has 29 heavy (non-hydrogen) atoms. The maximum atomic E-state index is 12.5. The molecule has 150 valence electrons. The van der Waals surface area contributed by atoms with Crippen LogP contribution in [0.2, 0.25) is 0 Å². The first-order valence-corrected chi connectivity index (χ1v) is 10.1. The fraction of sp³-hybridized carbons (Fsp3) is 0.320. The van der Waals surface area contributed by atoms with Crippen LogP contribution in [0.4, 0.5) is 5.69 Å². The first-order valence-electron chi connectivity index (χ1n) is 10.1. The number of para-hydroxylation sites is 1. The molecule has 4 nitrogen and oxygen atoms in total. The van der Waals surface area contributed by atoms with Gasteiger partial charge in [0.05, 0.1) is 0 Å². The van der Waals surface area contributed by atoms with Crippen LogP contribution in [0.3, 0.4) is 0 Å². The van der Waals surface area contributed by atoms with Crippen LogP contribution in [0.25, 0.3) is 6.08 Å². The number of nitrogens with zero attached hydrogens (tertiary/aromatic N) is 1. The number of hydrogen-bond donors (Lipinski definition) is 1. The van der Waals surface area contributed by atoms with Crippen LogP contribution in [0, 0.1) is 6.92 Å². The van der Waals surface area contributed by atoms with Crippen molar-refractivity contribution in [1.82, 2.24) is 5.32 Å². The molecule has 0 bridgehead atoms. The molecule has 4 heteroatoms. The van der Waals surface area contributed by atoms with E-state index < -0.39 is 5.66 Å². The molecule has 2 aromatic carbocycles. The predicted molar refractivity (Wildman–Crippen MR) is 118 cm³/mol. The van der Waals surface area contributed by atoms with E-state index in [4.69, 9.17) is 4.74 Å². The average Bonchev–Trinajstić information content (AvgIpc) is 2.89. The van der Waals surface area contributed by atoms with Gasteiger partial charge in [-0.15, -0.1) is 0 Å². The van der Waals surface area contributed by atoms with E-state index in [0.717, 1.165) is 11.3 Å². The fourth-order valence-corrected chi connectivity index (χ4v) is 4.58. The maximum absolute atomic E-state index is 12.5. The number of ether oxygens (including phenoxy) is 1. The summed E-state index contributed by atoms with van der Waals surface area (Å²) >= 11 is 0. The molecule has 1 N–H and O–H groups in total. The third kappa shape index (κ3) is 3.03. The molecular weight excluding hydrogens is 360 g/mol. The summed E-state index contributed by atoms with van der Waals surface area (Å²) in [5.74, 6) is 0.887. The standard InChI is InChI=1S/C25H28N2O2/c1-5-16-29-22-9-7-6-8-19(22)12-14-25-24(3,4)20-17-18(2)10-11-21(20)27(25)15-13-23(28)26-25/h5-12,14,17H,1,13,15-16H2,2-4H3,(H,26,28)/b14-12+. The molecule has 2 aliphatic rings. The van der Waals surface area contributed by atoms with Gasteiger partial charge in [0.15, 0.2) is 0 Å². The van der Waals surface area contributed by atoms with Crippen molar-refractivity contribution in [1.29, 1.82) is 0 Å². The molecule has 1 unspecified atom stereocenters. The highest BCUT2D eigenvalue weighted by atomic mass is 16.5. The van der Waals surface area contributed by atoms with Crippen molar-refractivity contribution >= 4 is 17.7 Å². The van der Waals surface area contributed by atoms with E-state index in [1.54, 1.807) is 6.08 Å². The second-order valence-electron chi connectivity index (χ2n) is 8.33. The summed E-state index contributed by atoms with van der Waals surface area (Å²) in [4.78, 5) is 14.9. The van der Waals surface area contributed by atoms with Crippen LogP contribution in [0.5, 0.6) is 5.75 Å². The lowest BCUT2D eigenvalue weighted by Gasteiger charge is -2.49. The molecule has 1 saturated heterocycles. The van der Waals surface area contributed by atoms with Crippen LogP contribution < -0.4 is 15.0 Å². The number of rotatable bonds is 5. The SMILES string of the molecule is C=CCOc1ccccc1/C=C/C12NC(=O)CCN1c1ccc(C)cc1C2(C)C. The van der Waals surface area contributed by atoms with Crippen molar-refractivity contribution in [2.45, 2.75) is 38.3 Å². The lowest BCUT2D eigenvalue weighted by atomic mass is 9.74. The molecule has 0 spiro atoms. The van der Waals surface area contributed by atoms with Gasteiger partial charge in [0, 0.05) is 29.6 Å². The van der Waals surface area contributed by atoms with Crippen molar-refractivity contribution in [3.8, 4) is 5.75 Å². The van der Waals surface area contributed by atoms with Gasteiger partial charge in [0.2, 0.25) is 5.91 Å². The molecule has 1 fully saturated rings. The molecular formula is C25H28N2O2. The van der Waals surface area contributed by atoms with Crippen LogP contribution in [-0.4, -0.2) is 24.7 Å². The van der Waals surface area contributed by atoms with Crippen molar-refractivity contribution in [2.24, 2.45) is 0 Å². The Morgan fingerprint density at radius 1 is 1.24 bits per heavy atom. The summed E-state index contributed by atoms with van der Waals surface area (Å²) in [6, 6.07) is 14.5. The highest BCUT2D eigenvalue weighted by Crippen LogP contribution is 2.52. The van der Waals surface area contributed by atoms with Gasteiger partial charge in [0.25, 0.3) is 0 Å². The molecule has 4 rings (SSSR count). The second kappa shape index (κ2) is 7.11. The Labute approximate surface area is 172 Å². The zero-order chi connectivity index (χ0) is 20.6. The number of anilines is 1. The van der Waals surface area contributed by atoms with E-state index >= 15 is 0 Å². The minimum absolute atomic E-state index is 0.0831. The minimum Gasteiger partial charge on any atom is -0.489 e. The van der Waals surface area contributed by atoms with Gasteiger partial charge in [-0.25, -0.2) is 0 Å². The van der Waals surface area contributed by atoms with Crippen LogP contribution >= 0.6 is 0 Å². The monoisotopic (exact) mass is 388 g/mol. The van der Waals surface area contributed by atoms with Crippen LogP contribution in [0.1, 0.15) is 37.0 Å². The highest BCUT2D eigenvalue weighted by Gasteiger charge is 2.57. The zero-order valence-corrected chi connectivity index (χ0v) is 17.4. The van der Waals surface area contributed by atoms with Gasteiger partial charge in [0.1, 0.15) is 18.0 Å². The molecule has 2 aliphatic heterocycles. The third-order valence-electron chi connectivity index (χ3n) is 6.17. The number of hydrogen-bond acceptors (Lipinski definition) is 3. The Kier molecular flexibility index (Phi) is 4.73. The van der Waals surface area contributed by atoms with Gasteiger partial charge < -0.3 is 15.0 Å². The summed E-state index contributed by atoms with van der Waals surface area (Å²) in [6.45, 7) is 11.4. The largest absolute Gasteiger partial charge is 0.489 e. The Morgan fingerprint density at radius 3 is 2.83 bits per heavy atom. The summed E-state index contributed by atoms with van der Waals surface area (Å²) < 4.78 is 5.82. The number of nitrogens with one attached hydrogen (secondary N) is 1. The summed E-state index contributed by atoms with van der Waals surface area (Å²) in [6.07, 6.45) is 6.44. The predicted octanol–water partition coefficient (Wildman–Crippen LogP) is 4.59. The van der Waals surface area contributed by atoms with Gasteiger partial charge in [-0.3, -0.25) is 4.79 Å². The van der Waals surface area contributed by atoms with E-state index in [1.807, 2.05) is 24.3 Å². The molecule has 2 aromatic rings. The maximum Gasteiger partial charge on any atom is 0.223 e. The molecule has 0 aromatic heterocycles. The molecule has 0 aliphatic carbocycles. The normalized spacial score (nSPS) is 22.2. The number of aryl methyl sites for hydroxylation is 1. The highest BCUT2D eigenvalue weighted by molar-refractivity contribution is 5.85. The van der Waals surface area contributed by atoms with E-state index in [2.05, 4.69) is 67.9 Å². The average molecular weight is 389 g/mol. The molecule has 2 heterocycles. The summed E-state index contributed by atoms with van der Waals surface area (Å²) in [5.41, 5.74) is 3.75. The molecule has 0 saturated carbocycles. The van der Waals surface area contributed by atoms with Crippen molar-refractivity contribution in [2.75, 3.05) is 18.1 Å². The van der Waals surface area contributed by atoms with E-state index in [-0.39, 0.29) is 11.3 Å². The van der Waals surface area contributed by atoms with Crippen molar-refractivity contribution in [3.05, 3.63) is 77.9 Å². The lowest BCUT2D eigenvalue weighted by Crippen LogP contribution is -2.68. The quantitative estimate of drug-likeness (QED) is 0.762. The van der Waals surface area contributed by atoms with Crippen LogP contribution in [-0.2, 0) is 10.2 Å². The number of amides is 1. The Balaban J connectivity index is 1.81. The first-order chi connectivity index (χ1) is 13.9. The Morgan fingerprint density at radius 2 is 2.03 bits per heavy atom. The van der Waals surface area contributed by atoms with E-state index in [1.165, 1.54) is 16.8 Å². The second-order valence-corrected chi connectivity index (χ2v) is 8.33. The number of fused-ring (bicyclic) bond motifs is 3. The number of carbonyl (C=O) groups excluding carboxylic acids is 1. The minimum atomic E-state index is -0.621. The molecule has 1 atom stereocenters. The van der Waals surface area contributed by atoms with E-state index in [9.17, 15) is 4.79 Å². The Bertz CT molecular complexity index is 992.